The van der Waals surface area contributed by atoms with Crippen LogP contribution in [0.1, 0.15) is 16.7 Å². The summed E-state index contributed by atoms with van der Waals surface area (Å²) in [5.74, 6) is 0.754. The number of hydrogen-bond acceptors (Lipinski definition) is 4. The molecule has 3 rings (SSSR count). The Morgan fingerprint density at radius 1 is 1.19 bits per heavy atom. The molecular weight excluding hydrogens is 384 g/mol. The van der Waals surface area contributed by atoms with Gasteiger partial charge >= 0.3 is 6.09 Å². The molecule has 0 spiro atoms. The van der Waals surface area contributed by atoms with Gasteiger partial charge in [-0.05, 0) is 42.7 Å². The third-order valence-corrected chi connectivity index (χ3v) is 6.03. The van der Waals surface area contributed by atoms with Gasteiger partial charge in [0.2, 0.25) is 5.91 Å². The number of rotatable bonds is 4. The third kappa shape index (κ3) is 4.57. The predicted octanol–water partition coefficient (Wildman–Crippen LogP) is 4.61. The van der Waals surface area contributed by atoms with Crippen molar-refractivity contribution in [2.24, 2.45) is 0 Å². The second-order valence-electron chi connectivity index (χ2n) is 6.36. The van der Waals surface area contributed by atoms with E-state index in [1.807, 2.05) is 44.2 Å². The van der Waals surface area contributed by atoms with Crippen molar-refractivity contribution >= 4 is 41.1 Å². The van der Waals surface area contributed by atoms with E-state index in [-0.39, 0.29) is 12.5 Å². The van der Waals surface area contributed by atoms with Crippen molar-refractivity contribution in [2.75, 3.05) is 16.9 Å². The van der Waals surface area contributed by atoms with E-state index < -0.39 is 12.1 Å². The van der Waals surface area contributed by atoms with Crippen LogP contribution in [-0.4, -0.2) is 34.6 Å². The molecule has 142 valence electrons. The number of thioether (sulfide) groups is 1. The highest BCUT2D eigenvalue weighted by Crippen LogP contribution is 2.27. The molecule has 1 aliphatic heterocycles. The molecule has 1 aliphatic rings. The molecule has 27 heavy (non-hydrogen) atoms. The molecule has 7 heteroatoms. The maximum absolute atomic E-state index is 12.7. The topological polar surface area (TPSA) is 58.6 Å². The summed E-state index contributed by atoms with van der Waals surface area (Å²) in [6.07, 6.45) is -0.479. The van der Waals surface area contributed by atoms with Gasteiger partial charge in [-0.15, -0.1) is 11.8 Å². The third-order valence-electron chi connectivity index (χ3n) is 4.60. The van der Waals surface area contributed by atoms with E-state index in [1.165, 1.54) is 16.7 Å². The summed E-state index contributed by atoms with van der Waals surface area (Å²) in [7, 11) is 0. The minimum absolute atomic E-state index is 0.185. The lowest BCUT2D eigenvalue weighted by molar-refractivity contribution is -0.119. The number of carbonyl (C=O) groups excluding carboxylic acids is 2. The van der Waals surface area contributed by atoms with Gasteiger partial charge in [0.1, 0.15) is 12.6 Å². The Morgan fingerprint density at radius 2 is 1.93 bits per heavy atom. The minimum Gasteiger partial charge on any atom is -0.445 e. The molecule has 1 fully saturated rings. The molecule has 2 amide bonds. The van der Waals surface area contributed by atoms with Gasteiger partial charge in [0, 0.05) is 16.5 Å². The lowest BCUT2D eigenvalue weighted by Crippen LogP contribution is -2.44. The number of anilines is 1. The fraction of sp³-hybridized carbons (Fsp3) is 0.300. The number of benzene rings is 2. The number of halogens is 1. The van der Waals surface area contributed by atoms with Crippen molar-refractivity contribution in [1.29, 1.82) is 0 Å². The average Bonchev–Trinajstić information content (AvgIpc) is 3.17. The van der Waals surface area contributed by atoms with Crippen molar-refractivity contribution in [2.45, 2.75) is 26.5 Å². The van der Waals surface area contributed by atoms with E-state index in [0.717, 1.165) is 16.7 Å². The van der Waals surface area contributed by atoms with Crippen LogP contribution in [0.2, 0.25) is 5.02 Å². The summed E-state index contributed by atoms with van der Waals surface area (Å²) in [6, 6.07) is 12.4. The van der Waals surface area contributed by atoms with E-state index in [1.54, 1.807) is 12.1 Å². The molecule has 0 radical (unpaired) electrons. The Labute approximate surface area is 168 Å². The fourth-order valence-electron chi connectivity index (χ4n) is 2.78. The van der Waals surface area contributed by atoms with Crippen LogP contribution >= 0.6 is 23.4 Å². The van der Waals surface area contributed by atoms with Gasteiger partial charge in [-0.1, -0.05) is 41.9 Å². The largest absolute Gasteiger partial charge is 0.445 e. The Kier molecular flexibility index (Phi) is 6.29. The fourth-order valence-corrected chi connectivity index (χ4v) is 4.13. The lowest BCUT2D eigenvalue weighted by atomic mass is 10.1. The van der Waals surface area contributed by atoms with Crippen LogP contribution in [-0.2, 0) is 16.1 Å². The van der Waals surface area contributed by atoms with Crippen molar-refractivity contribution < 1.29 is 14.3 Å². The van der Waals surface area contributed by atoms with Gasteiger partial charge in [-0.2, -0.15) is 0 Å². The Bertz CT molecular complexity index is 845. The summed E-state index contributed by atoms with van der Waals surface area (Å²) >= 11 is 7.65. The lowest BCUT2D eigenvalue weighted by Gasteiger charge is -2.23. The molecule has 0 saturated carbocycles. The monoisotopic (exact) mass is 404 g/mol. The van der Waals surface area contributed by atoms with Crippen LogP contribution in [0.15, 0.2) is 42.5 Å². The van der Waals surface area contributed by atoms with Crippen LogP contribution < -0.4 is 5.32 Å². The highest BCUT2D eigenvalue weighted by Gasteiger charge is 2.36. The van der Waals surface area contributed by atoms with Crippen molar-refractivity contribution in [1.82, 2.24) is 4.90 Å². The van der Waals surface area contributed by atoms with Crippen LogP contribution in [0.25, 0.3) is 0 Å². The number of amides is 2. The normalized spacial score (nSPS) is 16.3. The van der Waals surface area contributed by atoms with Gasteiger partial charge in [-0.25, -0.2) is 4.79 Å². The number of nitrogens with one attached hydrogen (secondary N) is 1. The molecular formula is C20H21ClN2O3S. The van der Waals surface area contributed by atoms with Crippen molar-refractivity contribution in [3.63, 3.8) is 0 Å². The summed E-state index contributed by atoms with van der Waals surface area (Å²) in [5.41, 5.74) is 3.46. The predicted molar refractivity (Wildman–Crippen MR) is 109 cm³/mol. The Morgan fingerprint density at radius 3 is 2.67 bits per heavy atom. The zero-order chi connectivity index (χ0) is 19.4. The molecule has 2 aromatic rings. The summed E-state index contributed by atoms with van der Waals surface area (Å²) in [4.78, 5) is 26.7. The van der Waals surface area contributed by atoms with Crippen molar-refractivity contribution in [3.05, 3.63) is 64.2 Å². The zero-order valence-electron chi connectivity index (χ0n) is 15.2. The molecule has 0 unspecified atom stereocenters. The zero-order valence-corrected chi connectivity index (χ0v) is 16.8. The average molecular weight is 405 g/mol. The van der Waals surface area contributed by atoms with Crippen molar-refractivity contribution in [3.8, 4) is 0 Å². The molecule has 0 aromatic heterocycles. The van der Waals surface area contributed by atoms with E-state index in [9.17, 15) is 9.59 Å². The van der Waals surface area contributed by atoms with Crippen LogP contribution in [0.3, 0.4) is 0 Å². The standard InChI is InChI=1S/C20H21ClN2O3S/c1-13-14(2)17(9-8-16(13)21)22-19(24)18-11-27-12-23(18)20(25)26-10-15-6-4-3-5-7-15/h3-9,18H,10-12H2,1-2H3,(H,22,24)/t18-/m1/s1. The first-order valence-corrected chi connectivity index (χ1v) is 10.1. The van der Waals surface area contributed by atoms with E-state index >= 15 is 0 Å². The summed E-state index contributed by atoms with van der Waals surface area (Å²) < 4.78 is 5.38. The quantitative estimate of drug-likeness (QED) is 0.808. The van der Waals surface area contributed by atoms with E-state index in [2.05, 4.69) is 5.32 Å². The summed E-state index contributed by atoms with van der Waals surface area (Å²) in [5, 5.41) is 3.58. The SMILES string of the molecule is Cc1c(Cl)ccc(NC(=O)[C@H]2CSCN2C(=O)OCc2ccccc2)c1C. The van der Waals surface area contributed by atoms with Gasteiger partial charge in [-0.3, -0.25) is 9.69 Å². The highest BCUT2D eigenvalue weighted by atomic mass is 35.5. The molecule has 1 saturated heterocycles. The Balaban J connectivity index is 1.64. The molecule has 2 aromatic carbocycles. The molecule has 1 N–H and O–H groups in total. The second-order valence-corrected chi connectivity index (χ2v) is 7.77. The maximum atomic E-state index is 12.7. The van der Waals surface area contributed by atoms with Gasteiger partial charge in [0.05, 0.1) is 5.88 Å². The molecule has 5 nitrogen and oxygen atoms in total. The first-order valence-electron chi connectivity index (χ1n) is 8.59. The first-order chi connectivity index (χ1) is 13.0. The minimum atomic E-state index is -0.561. The first kappa shape index (κ1) is 19.6. The molecule has 0 aliphatic carbocycles. The van der Waals surface area contributed by atoms with E-state index in [4.69, 9.17) is 16.3 Å². The summed E-state index contributed by atoms with van der Waals surface area (Å²) in [6.45, 7) is 4.00. The van der Waals surface area contributed by atoms with Crippen LogP contribution in [0.4, 0.5) is 10.5 Å². The van der Waals surface area contributed by atoms with E-state index in [0.29, 0.717) is 22.3 Å². The van der Waals surface area contributed by atoms with Crippen LogP contribution in [0.5, 0.6) is 0 Å². The van der Waals surface area contributed by atoms with Crippen LogP contribution in [0, 0.1) is 13.8 Å². The van der Waals surface area contributed by atoms with Gasteiger partial charge in [0.15, 0.2) is 0 Å². The van der Waals surface area contributed by atoms with Gasteiger partial charge in [0.25, 0.3) is 0 Å². The maximum Gasteiger partial charge on any atom is 0.411 e. The molecule has 0 bridgehead atoms. The number of carbonyl (C=O) groups is 2. The number of nitrogens with zero attached hydrogens (tertiary/aromatic N) is 1. The van der Waals surface area contributed by atoms with Gasteiger partial charge < -0.3 is 10.1 Å². The number of ether oxygens (including phenoxy) is 1. The highest BCUT2D eigenvalue weighted by molar-refractivity contribution is 7.99. The Hall–Kier alpha value is -2.18. The molecule has 1 heterocycles. The number of hydrogen-bond donors (Lipinski definition) is 1. The smallest absolute Gasteiger partial charge is 0.411 e. The molecule has 1 atom stereocenters. The second kappa shape index (κ2) is 8.67.